The van der Waals surface area contributed by atoms with E-state index in [4.69, 9.17) is 4.98 Å². The quantitative estimate of drug-likeness (QED) is 0.506. The number of pyridine rings is 1. The van der Waals surface area contributed by atoms with Crippen molar-refractivity contribution in [3.63, 3.8) is 0 Å². The molecule has 0 aliphatic heterocycles. The molecule has 1 N–H and O–H groups in total. The Kier molecular flexibility index (Phi) is 6.73. The maximum Gasteiger partial charge on any atom is 0.226 e. The molecule has 1 amide bonds. The van der Waals surface area contributed by atoms with Gasteiger partial charge in [-0.1, -0.05) is 68.8 Å². The minimum atomic E-state index is -0.00134. The van der Waals surface area contributed by atoms with Crippen molar-refractivity contribution in [2.45, 2.75) is 77.3 Å². The molecule has 174 valence electrons. The number of fused-ring (bicyclic) bond motifs is 1. The molecule has 1 fully saturated rings. The Hall–Kier alpha value is -2.88. The molecule has 1 aromatic heterocycles. The lowest BCUT2D eigenvalue weighted by molar-refractivity contribution is -0.131. The highest BCUT2D eigenvalue weighted by Gasteiger charge is 2.27. The standard InChI is InChI=1S/C29H37N3O/c1-20-10-12-21(13-11-20)18-28(33)32(5)23-16-14-22(15-17-23)30-26-19-27(29(2,3)4)31-25-9-7-6-8-24(25)26/h6-13,19,22-23H,14-18H2,1-5H3,(H,30,31). The number of likely N-dealkylation sites (N-methyl/N-ethyl adjacent to an activating group) is 1. The van der Waals surface area contributed by atoms with Gasteiger partial charge >= 0.3 is 0 Å². The van der Waals surface area contributed by atoms with Crippen LogP contribution in [0.25, 0.3) is 10.9 Å². The number of para-hydroxylation sites is 1. The van der Waals surface area contributed by atoms with E-state index < -0.39 is 0 Å². The van der Waals surface area contributed by atoms with Crippen molar-refractivity contribution in [3.8, 4) is 0 Å². The number of carbonyl (C=O) groups excluding carboxylic acids is 1. The fourth-order valence-electron chi connectivity index (χ4n) is 4.72. The van der Waals surface area contributed by atoms with E-state index in [9.17, 15) is 4.79 Å². The minimum absolute atomic E-state index is 0.00134. The van der Waals surface area contributed by atoms with E-state index in [0.29, 0.717) is 18.5 Å². The highest BCUT2D eigenvalue weighted by Crippen LogP contribution is 2.32. The number of hydrogen-bond donors (Lipinski definition) is 1. The van der Waals surface area contributed by atoms with E-state index in [1.54, 1.807) is 0 Å². The summed E-state index contributed by atoms with van der Waals surface area (Å²) < 4.78 is 0. The molecule has 0 bridgehead atoms. The number of amides is 1. The highest BCUT2D eigenvalue weighted by molar-refractivity contribution is 5.91. The van der Waals surface area contributed by atoms with E-state index in [2.05, 4.69) is 87.6 Å². The summed E-state index contributed by atoms with van der Waals surface area (Å²) in [5.74, 6) is 0.213. The Morgan fingerprint density at radius 3 is 2.36 bits per heavy atom. The molecule has 1 saturated carbocycles. The largest absolute Gasteiger partial charge is 0.382 e. The first-order valence-electron chi connectivity index (χ1n) is 12.2. The Morgan fingerprint density at radius 1 is 1.03 bits per heavy atom. The van der Waals surface area contributed by atoms with Gasteiger partial charge in [-0.2, -0.15) is 0 Å². The maximum atomic E-state index is 12.9. The third kappa shape index (κ3) is 5.55. The summed E-state index contributed by atoms with van der Waals surface area (Å²) in [4.78, 5) is 19.7. The lowest BCUT2D eigenvalue weighted by Gasteiger charge is -2.35. The van der Waals surface area contributed by atoms with Gasteiger partial charge in [0.15, 0.2) is 0 Å². The van der Waals surface area contributed by atoms with Crippen molar-refractivity contribution in [2.75, 3.05) is 12.4 Å². The molecule has 1 aliphatic rings. The fraction of sp³-hybridized carbons (Fsp3) is 0.448. The van der Waals surface area contributed by atoms with Crippen molar-refractivity contribution >= 4 is 22.5 Å². The summed E-state index contributed by atoms with van der Waals surface area (Å²) in [6, 6.07) is 19.6. The number of hydrogen-bond acceptors (Lipinski definition) is 3. The lowest BCUT2D eigenvalue weighted by atomic mass is 9.88. The first-order valence-corrected chi connectivity index (χ1v) is 12.2. The molecular formula is C29H37N3O. The SMILES string of the molecule is Cc1ccc(CC(=O)N(C)C2CCC(Nc3cc(C(C)(C)C)nc4ccccc34)CC2)cc1. The van der Waals surface area contributed by atoms with Crippen LogP contribution in [0.1, 0.15) is 63.3 Å². The molecule has 0 atom stereocenters. The zero-order chi connectivity index (χ0) is 23.6. The molecule has 1 aliphatic carbocycles. The van der Waals surface area contributed by atoms with Crippen LogP contribution >= 0.6 is 0 Å². The predicted molar refractivity (Wildman–Crippen MR) is 138 cm³/mol. The molecule has 0 spiro atoms. The summed E-state index contributed by atoms with van der Waals surface area (Å²) in [5.41, 5.74) is 5.65. The summed E-state index contributed by atoms with van der Waals surface area (Å²) in [5, 5.41) is 5.01. The number of aryl methyl sites for hydroxylation is 1. The average Bonchev–Trinajstić information content (AvgIpc) is 2.80. The average molecular weight is 444 g/mol. The zero-order valence-electron chi connectivity index (χ0n) is 20.7. The Bertz CT molecular complexity index is 1110. The number of aromatic nitrogens is 1. The van der Waals surface area contributed by atoms with Crippen LogP contribution in [0.15, 0.2) is 54.6 Å². The fourth-order valence-corrected chi connectivity index (χ4v) is 4.72. The number of benzene rings is 2. The predicted octanol–water partition coefficient (Wildman–Crippen LogP) is 6.26. The van der Waals surface area contributed by atoms with Crippen molar-refractivity contribution in [3.05, 3.63) is 71.4 Å². The Labute approximate surface area is 198 Å². The van der Waals surface area contributed by atoms with Gasteiger partial charge in [-0.25, -0.2) is 0 Å². The van der Waals surface area contributed by atoms with Gasteiger partial charge in [-0.05, 0) is 50.3 Å². The van der Waals surface area contributed by atoms with Gasteiger partial charge < -0.3 is 10.2 Å². The second-order valence-corrected chi connectivity index (χ2v) is 10.6. The number of nitrogens with zero attached hydrogens (tertiary/aromatic N) is 2. The molecular weight excluding hydrogens is 406 g/mol. The molecule has 4 nitrogen and oxygen atoms in total. The van der Waals surface area contributed by atoms with Crippen LogP contribution in [0.5, 0.6) is 0 Å². The van der Waals surface area contributed by atoms with Gasteiger partial charge in [-0.15, -0.1) is 0 Å². The van der Waals surface area contributed by atoms with Gasteiger partial charge in [0.2, 0.25) is 5.91 Å². The molecule has 0 saturated heterocycles. The second-order valence-electron chi connectivity index (χ2n) is 10.6. The smallest absolute Gasteiger partial charge is 0.226 e. The van der Waals surface area contributed by atoms with E-state index >= 15 is 0 Å². The van der Waals surface area contributed by atoms with Crippen molar-refractivity contribution in [1.82, 2.24) is 9.88 Å². The van der Waals surface area contributed by atoms with Crippen LogP contribution in [0.2, 0.25) is 0 Å². The topological polar surface area (TPSA) is 45.2 Å². The van der Waals surface area contributed by atoms with E-state index in [0.717, 1.165) is 42.5 Å². The van der Waals surface area contributed by atoms with Crippen LogP contribution in [0.3, 0.4) is 0 Å². The molecule has 3 aromatic rings. The molecule has 2 aromatic carbocycles. The van der Waals surface area contributed by atoms with Gasteiger partial charge in [0, 0.05) is 41.3 Å². The monoisotopic (exact) mass is 443 g/mol. The highest BCUT2D eigenvalue weighted by atomic mass is 16.2. The maximum absolute atomic E-state index is 12.9. The Morgan fingerprint density at radius 2 is 1.70 bits per heavy atom. The first kappa shape index (κ1) is 23.3. The molecule has 33 heavy (non-hydrogen) atoms. The first-order chi connectivity index (χ1) is 15.7. The van der Waals surface area contributed by atoms with E-state index in [-0.39, 0.29) is 11.3 Å². The molecule has 1 heterocycles. The normalized spacial score (nSPS) is 18.8. The lowest BCUT2D eigenvalue weighted by Crippen LogP contribution is -2.42. The van der Waals surface area contributed by atoms with E-state index in [1.807, 2.05) is 11.9 Å². The van der Waals surface area contributed by atoms with Gasteiger partial charge in [-0.3, -0.25) is 9.78 Å². The molecule has 0 unspecified atom stereocenters. The molecule has 4 rings (SSSR count). The summed E-state index contributed by atoms with van der Waals surface area (Å²) >= 11 is 0. The van der Waals surface area contributed by atoms with Crippen molar-refractivity contribution in [2.24, 2.45) is 0 Å². The van der Waals surface area contributed by atoms with Crippen LogP contribution in [0.4, 0.5) is 5.69 Å². The third-order valence-electron chi connectivity index (χ3n) is 6.96. The van der Waals surface area contributed by atoms with Crippen molar-refractivity contribution in [1.29, 1.82) is 0 Å². The number of carbonyl (C=O) groups is 1. The van der Waals surface area contributed by atoms with Crippen LogP contribution in [-0.4, -0.2) is 34.9 Å². The Balaban J connectivity index is 1.40. The second kappa shape index (κ2) is 9.54. The minimum Gasteiger partial charge on any atom is -0.382 e. The van der Waals surface area contributed by atoms with Crippen molar-refractivity contribution < 1.29 is 4.79 Å². The summed E-state index contributed by atoms with van der Waals surface area (Å²) in [6.45, 7) is 8.70. The van der Waals surface area contributed by atoms with Gasteiger partial charge in [0.1, 0.15) is 0 Å². The summed E-state index contributed by atoms with van der Waals surface area (Å²) in [7, 11) is 1.97. The number of anilines is 1. The van der Waals surface area contributed by atoms with Crippen LogP contribution in [-0.2, 0) is 16.6 Å². The third-order valence-corrected chi connectivity index (χ3v) is 6.96. The summed E-state index contributed by atoms with van der Waals surface area (Å²) in [6.07, 6.45) is 4.67. The number of rotatable bonds is 5. The van der Waals surface area contributed by atoms with E-state index in [1.165, 1.54) is 16.6 Å². The molecule has 4 heteroatoms. The van der Waals surface area contributed by atoms with Crippen LogP contribution in [0, 0.1) is 6.92 Å². The number of nitrogens with one attached hydrogen (secondary N) is 1. The van der Waals surface area contributed by atoms with Gasteiger partial charge in [0.05, 0.1) is 11.9 Å². The molecule has 0 radical (unpaired) electrons. The zero-order valence-corrected chi connectivity index (χ0v) is 20.7. The van der Waals surface area contributed by atoms with Gasteiger partial charge in [0.25, 0.3) is 0 Å². The van der Waals surface area contributed by atoms with Crippen LogP contribution < -0.4 is 5.32 Å².